The van der Waals surface area contributed by atoms with E-state index >= 15 is 0 Å². The average Bonchev–Trinajstić information content (AvgIpc) is 2.37. The van der Waals surface area contributed by atoms with Crippen LogP contribution in [0.5, 0.6) is 0 Å². The van der Waals surface area contributed by atoms with Crippen molar-refractivity contribution in [2.24, 2.45) is 0 Å². The van der Waals surface area contributed by atoms with E-state index in [0.29, 0.717) is 0 Å². The van der Waals surface area contributed by atoms with Crippen molar-refractivity contribution < 1.29 is 24.9 Å². The van der Waals surface area contributed by atoms with Gasteiger partial charge in [0.2, 0.25) is 5.91 Å². The Balaban J connectivity index is 2.83. The van der Waals surface area contributed by atoms with Crippen molar-refractivity contribution in [3.8, 4) is 0 Å². The van der Waals surface area contributed by atoms with Gasteiger partial charge in [0.1, 0.15) is 11.3 Å². The lowest BCUT2D eigenvalue weighted by Gasteiger charge is -2.19. The van der Waals surface area contributed by atoms with E-state index in [9.17, 15) is 19.8 Å². The number of aromatic nitrogens is 1. The number of aromatic carboxylic acids is 1. The molecular formula is C12H15ClN2O5. The zero-order valence-electron chi connectivity index (χ0n) is 10.7. The Hall–Kier alpha value is -1.70. The molecule has 1 aromatic rings. The summed E-state index contributed by atoms with van der Waals surface area (Å²) in [5.74, 6) is -1.61. The fourth-order valence-electron chi connectivity index (χ4n) is 1.62. The van der Waals surface area contributed by atoms with Gasteiger partial charge >= 0.3 is 5.97 Å². The van der Waals surface area contributed by atoms with E-state index in [-0.39, 0.29) is 29.6 Å². The molecule has 20 heavy (non-hydrogen) atoms. The van der Waals surface area contributed by atoms with Crippen LogP contribution in [0.1, 0.15) is 35.5 Å². The molecular weight excluding hydrogens is 288 g/mol. The Morgan fingerprint density at radius 3 is 2.60 bits per heavy atom. The fourth-order valence-corrected chi connectivity index (χ4v) is 1.76. The number of carboxylic acids is 1. The second kappa shape index (κ2) is 7.18. The molecule has 0 aliphatic carbocycles. The minimum Gasteiger partial charge on any atom is -0.476 e. The highest BCUT2D eigenvalue weighted by molar-refractivity contribution is 6.29. The maximum Gasteiger partial charge on any atom is 0.354 e. The second-order valence-electron chi connectivity index (χ2n) is 4.16. The Labute approximate surface area is 120 Å². The number of hydrogen-bond acceptors (Lipinski definition) is 5. The molecule has 0 saturated heterocycles. The van der Waals surface area contributed by atoms with Gasteiger partial charge in [-0.15, -0.1) is 0 Å². The first-order valence-corrected chi connectivity index (χ1v) is 6.21. The van der Waals surface area contributed by atoms with Crippen molar-refractivity contribution >= 4 is 23.5 Å². The molecule has 1 aromatic heterocycles. The molecule has 8 heteroatoms. The van der Waals surface area contributed by atoms with Crippen LogP contribution in [0.3, 0.4) is 0 Å². The first-order chi connectivity index (χ1) is 9.32. The third-order valence-corrected chi connectivity index (χ3v) is 2.80. The van der Waals surface area contributed by atoms with Gasteiger partial charge in [-0.3, -0.25) is 4.79 Å². The fraction of sp³-hybridized carbons (Fsp3) is 0.417. The molecule has 0 aliphatic heterocycles. The molecule has 0 fully saturated rings. The molecule has 0 aromatic carbocycles. The smallest absolute Gasteiger partial charge is 0.354 e. The molecule has 7 nitrogen and oxygen atoms in total. The highest BCUT2D eigenvalue weighted by Gasteiger charge is 2.24. The van der Waals surface area contributed by atoms with E-state index in [1.165, 1.54) is 19.1 Å². The number of nitrogens with zero attached hydrogens (tertiary/aromatic N) is 1. The summed E-state index contributed by atoms with van der Waals surface area (Å²) < 4.78 is 0. The monoisotopic (exact) mass is 302 g/mol. The maximum absolute atomic E-state index is 11.0. The Kier molecular flexibility index (Phi) is 5.87. The lowest BCUT2D eigenvalue weighted by atomic mass is 10.0. The lowest BCUT2D eigenvalue weighted by Crippen LogP contribution is -2.28. The van der Waals surface area contributed by atoms with Crippen LogP contribution in [0.25, 0.3) is 0 Å². The van der Waals surface area contributed by atoms with Gasteiger partial charge in [0.05, 0.1) is 6.10 Å². The van der Waals surface area contributed by atoms with Crippen molar-refractivity contribution in [3.63, 3.8) is 0 Å². The zero-order valence-corrected chi connectivity index (χ0v) is 11.5. The van der Waals surface area contributed by atoms with Gasteiger partial charge in [-0.25, -0.2) is 9.78 Å². The number of rotatable bonds is 6. The SMILES string of the molecule is CC(=O)NCCC(O)C(O)c1ccc(Cl)nc1C(=O)O. The number of amides is 1. The Morgan fingerprint density at radius 2 is 2.05 bits per heavy atom. The summed E-state index contributed by atoms with van der Waals surface area (Å²) in [7, 11) is 0. The number of carbonyl (C=O) groups excluding carboxylic acids is 1. The van der Waals surface area contributed by atoms with Gasteiger partial charge in [0, 0.05) is 19.0 Å². The maximum atomic E-state index is 11.0. The number of nitrogens with one attached hydrogen (secondary N) is 1. The van der Waals surface area contributed by atoms with Gasteiger partial charge in [-0.05, 0) is 12.5 Å². The molecule has 4 N–H and O–H groups in total. The lowest BCUT2D eigenvalue weighted by molar-refractivity contribution is -0.119. The van der Waals surface area contributed by atoms with E-state index in [1.54, 1.807) is 0 Å². The normalized spacial score (nSPS) is 13.6. The van der Waals surface area contributed by atoms with Crippen LogP contribution in [0, 0.1) is 0 Å². The first-order valence-electron chi connectivity index (χ1n) is 5.83. The van der Waals surface area contributed by atoms with Crippen molar-refractivity contribution in [2.45, 2.75) is 25.6 Å². The number of halogens is 1. The minimum atomic E-state index is -1.43. The molecule has 0 spiro atoms. The second-order valence-corrected chi connectivity index (χ2v) is 4.55. The van der Waals surface area contributed by atoms with Gasteiger partial charge in [-0.1, -0.05) is 17.7 Å². The van der Waals surface area contributed by atoms with Gasteiger partial charge < -0.3 is 20.6 Å². The van der Waals surface area contributed by atoms with Gasteiger partial charge in [-0.2, -0.15) is 0 Å². The van der Waals surface area contributed by atoms with Crippen molar-refractivity contribution in [2.75, 3.05) is 6.54 Å². The van der Waals surface area contributed by atoms with E-state index in [4.69, 9.17) is 16.7 Å². The minimum absolute atomic E-state index is 0.0221. The van der Waals surface area contributed by atoms with Crippen LogP contribution in [-0.2, 0) is 4.79 Å². The predicted octanol–water partition coefficient (Wildman–Crippen LogP) is 0.354. The summed E-state index contributed by atoms with van der Waals surface area (Å²) in [6, 6.07) is 2.62. The molecule has 0 saturated carbocycles. The van der Waals surface area contributed by atoms with Crippen molar-refractivity contribution in [1.82, 2.24) is 10.3 Å². The van der Waals surface area contributed by atoms with E-state index < -0.39 is 23.9 Å². The number of aliphatic hydroxyl groups is 2. The van der Waals surface area contributed by atoms with Gasteiger partial charge in [0.25, 0.3) is 0 Å². The number of aliphatic hydroxyl groups excluding tert-OH is 2. The third-order valence-electron chi connectivity index (χ3n) is 2.59. The standard InChI is InChI=1S/C12H15ClN2O5/c1-6(16)14-5-4-8(17)11(18)7-2-3-9(13)15-10(7)12(19)20/h2-3,8,11,17-18H,4-5H2,1H3,(H,14,16)(H,19,20). The van der Waals surface area contributed by atoms with Crippen LogP contribution in [-0.4, -0.2) is 44.8 Å². The molecule has 2 atom stereocenters. The molecule has 1 heterocycles. The zero-order chi connectivity index (χ0) is 15.3. The Bertz CT molecular complexity index is 509. The van der Waals surface area contributed by atoms with Crippen LogP contribution in [0.2, 0.25) is 5.15 Å². The van der Waals surface area contributed by atoms with Crippen LogP contribution < -0.4 is 5.32 Å². The highest BCUT2D eigenvalue weighted by atomic mass is 35.5. The summed E-state index contributed by atoms with van der Waals surface area (Å²) in [6.45, 7) is 1.49. The molecule has 1 rings (SSSR count). The van der Waals surface area contributed by atoms with Gasteiger partial charge in [0.15, 0.2) is 5.69 Å². The van der Waals surface area contributed by atoms with Crippen molar-refractivity contribution in [1.29, 1.82) is 0 Å². The Morgan fingerprint density at radius 1 is 1.40 bits per heavy atom. The van der Waals surface area contributed by atoms with Crippen LogP contribution >= 0.6 is 11.6 Å². The largest absolute Gasteiger partial charge is 0.476 e. The molecule has 2 unspecified atom stereocenters. The highest BCUT2D eigenvalue weighted by Crippen LogP contribution is 2.23. The number of carboxylic acid groups (broad SMARTS) is 1. The van der Waals surface area contributed by atoms with E-state index in [2.05, 4.69) is 10.3 Å². The summed E-state index contributed by atoms with van der Waals surface area (Å²) in [5, 5.41) is 31.2. The van der Waals surface area contributed by atoms with Crippen molar-refractivity contribution in [3.05, 3.63) is 28.5 Å². The summed E-state index contributed by atoms with van der Waals surface area (Å²) in [5.41, 5.74) is -0.444. The topological polar surface area (TPSA) is 120 Å². The van der Waals surface area contributed by atoms with Crippen LogP contribution in [0.4, 0.5) is 0 Å². The van der Waals surface area contributed by atoms with E-state index in [0.717, 1.165) is 0 Å². The summed E-state index contributed by atoms with van der Waals surface area (Å²) >= 11 is 5.60. The summed E-state index contributed by atoms with van der Waals surface area (Å²) in [6.07, 6.45) is -2.59. The molecule has 0 bridgehead atoms. The number of hydrogen-bond donors (Lipinski definition) is 4. The molecule has 110 valence electrons. The first kappa shape index (κ1) is 16.4. The summed E-state index contributed by atoms with van der Waals surface area (Å²) in [4.78, 5) is 25.3. The number of carbonyl (C=O) groups is 2. The third kappa shape index (κ3) is 4.44. The quantitative estimate of drug-likeness (QED) is 0.563. The van der Waals surface area contributed by atoms with E-state index in [1.807, 2.05) is 0 Å². The predicted molar refractivity (Wildman–Crippen MR) is 70.5 cm³/mol. The van der Waals surface area contributed by atoms with Crippen LogP contribution in [0.15, 0.2) is 12.1 Å². The molecule has 0 radical (unpaired) electrons. The molecule has 0 aliphatic rings. The number of pyridine rings is 1. The average molecular weight is 303 g/mol. The molecule has 1 amide bonds.